The molecule has 0 radical (unpaired) electrons. The summed E-state index contributed by atoms with van der Waals surface area (Å²) in [5.41, 5.74) is -1.57. The number of hydrogen-bond donors (Lipinski definition) is 0. The zero-order valence-electron chi connectivity index (χ0n) is 48.6. The molecule has 13 heteroatoms. The zero-order valence-corrected chi connectivity index (χ0v) is 54.7. The van der Waals surface area contributed by atoms with Crippen LogP contribution in [0.2, 0.25) is 99.2 Å². The van der Waals surface area contributed by atoms with Gasteiger partial charge < -0.3 is 22.1 Å². The van der Waals surface area contributed by atoms with Gasteiger partial charge in [0.2, 0.25) is 8.32 Å². The summed E-state index contributed by atoms with van der Waals surface area (Å²) in [6.07, 6.45) is 7.20. The Hall–Kier alpha value is 0.441. The summed E-state index contributed by atoms with van der Waals surface area (Å²) in [4.78, 5) is 25.5. The monoisotopic (exact) mass is 1000 g/mol. The first kappa shape index (κ1) is 64.4. The quantitative estimate of drug-likeness (QED) is 0.0505. The van der Waals surface area contributed by atoms with Crippen LogP contribution in [0.3, 0.4) is 0 Å². The van der Waals surface area contributed by atoms with Crippen LogP contribution in [0.5, 0.6) is 0 Å². The summed E-state index contributed by atoms with van der Waals surface area (Å²) < 4.78 is 37.7. The fourth-order valence-corrected chi connectivity index (χ4v) is 28.0. The van der Waals surface area contributed by atoms with Gasteiger partial charge in [0.1, 0.15) is 11.6 Å². The molecule has 0 aromatic rings. The Morgan fingerprint density at radius 2 is 1.00 bits per heavy atom. The number of unbranched alkanes of at least 4 members (excludes halogenated alkanes) is 3. The average molecular weight is 1010 g/mol. The SMILES string of the molecule is CCCCCC[Si](C)(OC(C)(C)[Si](C)(C)C)C(C)(C)C(C)(C)O[SiH](C)C(C)(C)C(C)(C)O[Si](C)(CCCC(CC(=O)CC)C(C)=O)C(C)(C)C(C)(C)O[Si](C)(C)C(C)(C)O[Si](C)(C)C. The second-order valence-corrected chi connectivity index (χ2v) is 53.5. The first-order valence-electron chi connectivity index (χ1n) is 25.5. The molecule has 0 aromatic carbocycles. The van der Waals surface area contributed by atoms with Gasteiger partial charge in [-0.2, -0.15) is 0 Å². The molecule has 0 N–H and O–H groups in total. The van der Waals surface area contributed by atoms with E-state index in [1.807, 2.05) is 6.92 Å². The van der Waals surface area contributed by atoms with Gasteiger partial charge in [-0.1, -0.05) is 107 Å². The minimum absolute atomic E-state index is 0.102. The fourth-order valence-electron chi connectivity index (χ4n) is 9.11. The smallest absolute Gasteiger partial charge is 0.216 e. The Morgan fingerprint density at radius 1 is 0.547 bits per heavy atom. The van der Waals surface area contributed by atoms with Crippen LogP contribution in [0.15, 0.2) is 0 Å². The molecule has 0 aliphatic heterocycles. The molecule has 4 unspecified atom stereocenters. The number of ketones is 2. The second-order valence-electron chi connectivity index (χ2n) is 27.1. The molecule has 4 atom stereocenters. The van der Waals surface area contributed by atoms with Gasteiger partial charge in [0, 0.05) is 39.1 Å². The van der Waals surface area contributed by atoms with Crippen molar-refractivity contribution in [2.75, 3.05) is 0 Å². The van der Waals surface area contributed by atoms with Crippen LogP contribution in [-0.2, 0) is 31.7 Å². The van der Waals surface area contributed by atoms with Crippen LogP contribution in [0.4, 0.5) is 0 Å². The van der Waals surface area contributed by atoms with E-state index in [2.05, 4.69) is 190 Å². The number of carbonyl (C=O) groups is 2. The van der Waals surface area contributed by atoms with Crippen molar-refractivity contribution in [1.82, 2.24) is 0 Å². The van der Waals surface area contributed by atoms with E-state index in [0.717, 1.165) is 18.5 Å². The Morgan fingerprint density at radius 3 is 1.42 bits per heavy atom. The molecule has 0 fully saturated rings. The molecule has 0 rings (SSSR count). The highest BCUT2D eigenvalue weighted by Crippen LogP contribution is 2.59. The van der Waals surface area contributed by atoms with Crippen LogP contribution in [0, 0.1) is 5.92 Å². The van der Waals surface area contributed by atoms with E-state index in [9.17, 15) is 9.59 Å². The van der Waals surface area contributed by atoms with Gasteiger partial charge in [-0.3, -0.25) is 9.59 Å². The fraction of sp³-hybridized carbons (Fsp3) is 0.961. The van der Waals surface area contributed by atoms with Gasteiger partial charge in [0.15, 0.2) is 34.0 Å². The lowest BCUT2D eigenvalue weighted by atomic mass is 9.93. The van der Waals surface area contributed by atoms with Crippen molar-refractivity contribution < 1.29 is 31.7 Å². The van der Waals surface area contributed by atoms with Crippen molar-refractivity contribution >= 4 is 62.0 Å². The minimum Gasteiger partial charge on any atom is -0.414 e. The number of rotatable bonds is 31. The molecule has 0 heterocycles. The molecule has 0 amide bonds. The van der Waals surface area contributed by atoms with E-state index in [0.29, 0.717) is 19.3 Å². The van der Waals surface area contributed by atoms with Gasteiger partial charge in [0.05, 0.1) is 30.1 Å². The topological polar surface area (TPSA) is 80.3 Å². The maximum atomic E-state index is 12.9. The predicted octanol–water partition coefficient (Wildman–Crippen LogP) is 16.2. The summed E-state index contributed by atoms with van der Waals surface area (Å²) in [7, 11) is -13.3. The van der Waals surface area contributed by atoms with E-state index < -0.39 is 72.4 Å². The third-order valence-corrected chi connectivity index (χ3v) is 42.1. The third-order valence-electron chi connectivity index (χ3n) is 18.1. The standard InChI is InChI=1S/C51H112O7Si6/c1-31-33-34-35-38-64(30,58-50(16,17)60(21,22)23)48(12,13)45(6,7)54-59(20)47(10,11)44(4,5)56-63(29,39-36-37-42(41(3)52)40-43(53)32-2)49(14,15)46(8,9)55-62(27,28)51(18,19)57-61(24,25)26/h42,59H,31-40H2,1-30H3. The van der Waals surface area contributed by atoms with Gasteiger partial charge in [-0.15, -0.1) is 0 Å². The van der Waals surface area contributed by atoms with Crippen molar-refractivity contribution in [3.63, 3.8) is 0 Å². The van der Waals surface area contributed by atoms with Crippen molar-refractivity contribution in [3.8, 4) is 0 Å². The highest BCUT2D eigenvalue weighted by atomic mass is 28.4. The maximum absolute atomic E-state index is 12.9. The van der Waals surface area contributed by atoms with Crippen LogP contribution in [-0.4, -0.2) is 89.2 Å². The van der Waals surface area contributed by atoms with Gasteiger partial charge in [-0.05, 0) is 147 Å². The minimum atomic E-state index is -2.82. The van der Waals surface area contributed by atoms with Gasteiger partial charge in [-0.25, -0.2) is 0 Å². The molecule has 0 bridgehead atoms. The Kier molecular flexibility index (Phi) is 22.4. The summed E-state index contributed by atoms with van der Waals surface area (Å²) >= 11 is 0. The van der Waals surface area contributed by atoms with Crippen molar-refractivity contribution in [3.05, 3.63) is 0 Å². The third kappa shape index (κ3) is 15.7. The summed E-state index contributed by atoms with van der Waals surface area (Å²) in [5.74, 6) is -0.00806. The summed E-state index contributed by atoms with van der Waals surface area (Å²) in [5, 5.41) is -1.41. The summed E-state index contributed by atoms with van der Waals surface area (Å²) in [6, 6.07) is 1.97. The zero-order chi connectivity index (χ0) is 51.4. The maximum Gasteiger partial charge on any atom is 0.216 e. The molecule has 7 nitrogen and oxygen atoms in total. The van der Waals surface area contributed by atoms with Crippen LogP contribution in [0.1, 0.15) is 183 Å². The van der Waals surface area contributed by atoms with E-state index >= 15 is 0 Å². The largest absolute Gasteiger partial charge is 0.414 e. The molecule has 64 heavy (non-hydrogen) atoms. The summed E-state index contributed by atoms with van der Waals surface area (Å²) in [6.45, 7) is 69.3. The second kappa shape index (κ2) is 22.2. The molecule has 0 aliphatic rings. The lowest BCUT2D eigenvalue weighted by Gasteiger charge is -2.60. The Balaban J connectivity index is 7.41. The average Bonchev–Trinajstić information content (AvgIpc) is 3.06. The lowest BCUT2D eigenvalue weighted by Crippen LogP contribution is -2.66. The molecule has 0 aromatic heterocycles. The van der Waals surface area contributed by atoms with Gasteiger partial charge in [0.25, 0.3) is 0 Å². The molecular formula is C51H112O7Si6. The number of carbonyl (C=O) groups excluding carboxylic acids is 2. The molecule has 0 saturated carbocycles. The van der Waals surface area contributed by atoms with E-state index in [1.54, 1.807) is 6.92 Å². The van der Waals surface area contributed by atoms with Gasteiger partial charge >= 0.3 is 0 Å². The van der Waals surface area contributed by atoms with E-state index in [1.165, 1.54) is 25.7 Å². The van der Waals surface area contributed by atoms with E-state index in [4.69, 9.17) is 22.1 Å². The highest BCUT2D eigenvalue weighted by molar-refractivity contribution is 6.82. The lowest BCUT2D eigenvalue weighted by molar-refractivity contribution is -0.126. The molecule has 0 aliphatic carbocycles. The first-order valence-corrected chi connectivity index (χ1v) is 42.8. The van der Waals surface area contributed by atoms with Crippen LogP contribution < -0.4 is 0 Å². The number of hydrogen-bond acceptors (Lipinski definition) is 7. The molecule has 0 spiro atoms. The predicted molar refractivity (Wildman–Crippen MR) is 295 cm³/mol. The molecule has 0 saturated heterocycles. The molecule has 382 valence electrons. The Labute approximate surface area is 406 Å². The van der Waals surface area contributed by atoms with E-state index in [-0.39, 0.29) is 37.8 Å². The number of Topliss-reactive ketones (excluding diaryl/α,β-unsaturated/α-hetero) is 2. The van der Waals surface area contributed by atoms with Crippen molar-refractivity contribution in [1.29, 1.82) is 0 Å². The van der Waals surface area contributed by atoms with Crippen molar-refractivity contribution in [2.45, 2.75) is 309 Å². The van der Waals surface area contributed by atoms with Crippen molar-refractivity contribution in [2.24, 2.45) is 5.92 Å². The van der Waals surface area contributed by atoms with Crippen LogP contribution >= 0.6 is 0 Å². The van der Waals surface area contributed by atoms with Crippen LogP contribution in [0.25, 0.3) is 0 Å². The first-order chi connectivity index (χ1) is 28.0. The Bertz CT molecular complexity index is 1500. The highest BCUT2D eigenvalue weighted by Gasteiger charge is 2.62. The molecular weight excluding hydrogens is 893 g/mol. The normalized spacial score (nSPS) is 17.8.